The number of hydrogen-bond acceptors (Lipinski definition) is 6. The normalized spacial score (nSPS) is 15.2. The molecule has 11 heteroatoms. The number of aromatic nitrogens is 2. The first-order chi connectivity index (χ1) is 20.2. The van der Waals surface area contributed by atoms with E-state index in [4.69, 9.17) is 0 Å². The minimum atomic E-state index is -4.74. The number of nitrogens with zero attached hydrogens (tertiary/aromatic N) is 5. The van der Waals surface area contributed by atoms with Crippen molar-refractivity contribution in [3.63, 3.8) is 0 Å². The van der Waals surface area contributed by atoms with Gasteiger partial charge < -0.3 is 4.74 Å². The molecule has 212 valence electrons. The molecule has 3 heterocycles. The number of hydrogen-bond donors (Lipinski definition) is 0. The van der Waals surface area contributed by atoms with Crippen molar-refractivity contribution in [3.05, 3.63) is 96.3 Å². The number of amidine groups is 1. The number of carbonyl (C=O) groups excluding carboxylic acids is 1. The summed E-state index contributed by atoms with van der Waals surface area (Å²) in [5, 5.41) is 11.1. The molecular weight excluding hydrogens is 563 g/mol. The number of pyridine rings is 1. The van der Waals surface area contributed by atoms with Gasteiger partial charge in [0.25, 0.3) is 0 Å². The molecule has 1 aliphatic rings. The topological polar surface area (TPSA) is 71.6 Å². The number of rotatable bonds is 6. The van der Waals surface area contributed by atoms with Gasteiger partial charge in [0.05, 0.1) is 29.4 Å². The number of anilines is 1. The van der Waals surface area contributed by atoms with E-state index in [1.165, 1.54) is 23.9 Å². The van der Waals surface area contributed by atoms with Crippen molar-refractivity contribution in [1.82, 2.24) is 9.38 Å². The van der Waals surface area contributed by atoms with Crippen LogP contribution >= 0.6 is 11.8 Å². The number of halogens is 3. The third kappa shape index (κ3) is 5.47. The second-order valence-corrected chi connectivity index (χ2v) is 10.9. The lowest BCUT2D eigenvalue weighted by molar-refractivity contribution is -0.274. The van der Waals surface area contributed by atoms with Gasteiger partial charge in [-0.2, -0.15) is 5.10 Å². The molecule has 0 bridgehead atoms. The van der Waals surface area contributed by atoms with Gasteiger partial charge in [-0.1, -0.05) is 55.9 Å². The zero-order chi connectivity index (χ0) is 29.4. The van der Waals surface area contributed by atoms with Gasteiger partial charge in [0.2, 0.25) is 5.91 Å². The summed E-state index contributed by atoms with van der Waals surface area (Å²) in [7, 11) is 0. The summed E-state index contributed by atoms with van der Waals surface area (Å²) >= 11 is 1.36. The van der Waals surface area contributed by atoms with E-state index in [1.807, 2.05) is 59.1 Å². The fraction of sp³-hybridized carbons (Fsp3) is 0.161. The second-order valence-electron chi connectivity index (χ2n) is 9.93. The lowest BCUT2D eigenvalue weighted by Crippen LogP contribution is -2.30. The van der Waals surface area contributed by atoms with Crippen LogP contribution in [0.5, 0.6) is 5.75 Å². The van der Waals surface area contributed by atoms with Gasteiger partial charge in [0.15, 0.2) is 5.17 Å². The second kappa shape index (κ2) is 11.0. The van der Waals surface area contributed by atoms with Crippen molar-refractivity contribution in [1.29, 1.82) is 0 Å². The minimum Gasteiger partial charge on any atom is -0.406 e. The van der Waals surface area contributed by atoms with Gasteiger partial charge in [-0.25, -0.2) is 4.98 Å². The lowest BCUT2D eigenvalue weighted by atomic mass is 10.0. The van der Waals surface area contributed by atoms with E-state index in [2.05, 4.69) is 33.8 Å². The summed E-state index contributed by atoms with van der Waals surface area (Å²) in [5.41, 5.74) is 4.24. The molecule has 0 radical (unpaired) electrons. The molecule has 1 amide bonds. The molecule has 3 aromatic carbocycles. The molecule has 0 aliphatic carbocycles. The fourth-order valence-electron chi connectivity index (χ4n) is 4.92. The van der Waals surface area contributed by atoms with E-state index in [0.29, 0.717) is 22.3 Å². The molecule has 1 fully saturated rings. The van der Waals surface area contributed by atoms with Crippen LogP contribution in [0.25, 0.3) is 27.7 Å². The molecule has 0 unspecified atom stereocenters. The molecule has 0 spiro atoms. The molecular formula is C31H24F3N5O2S. The number of alkyl halides is 3. The standard InChI is InChI=1S/C31H24F3N5O2S/c1-19(2)24-5-3-4-6-26(24)39-28(40)18-42-30(39)37-36-16-20-7-12-25-22(15-20)13-14-38-27(25)17-35-29(38)21-8-10-23(11-9-21)41-31(32,33)34/h3-17,19H,18H2,1-2H3/b36-16-,37-30-. The molecule has 6 rings (SSSR count). The fourth-order valence-corrected chi connectivity index (χ4v) is 5.73. The number of thioether (sulfide) groups is 1. The summed E-state index contributed by atoms with van der Waals surface area (Å²) in [5.74, 6) is 0.842. The summed E-state index contributed by atoms with van der Waals surface area (Å²) in [6, 6.07) is 21.2. The van der Waals surface area contributed by atoms with Crippen molar-refractivity contribution in [2.24, 2.45) is 10.2 Å². The van der Waals surface area contributed by atoms with Gasteiger partial charge >= 0.3 is 6.36 Å². The number of amides is 1. The van der Waals surface area contributed by atoms with Crippen molar-refractivity contribution in [2.75, 3.05) is 10.7 Å². The maximum atomic E-state index is 12.7. The van der Waals surface area contributed by atoms with Crippen LogP contribution in [0.2, 0.25) is 0 Å². The summed E-state index contributed by atoms with van der Waals surface area (Å²) < 4.78 is 43.4. The van der Waals surface area contributed by atoms with E-state index in [1.54, 1.807) is 29.4 Å². The van der Waals surface area contributed by atoms with Crippen LogP contribution in [0.4, 0.5) is 18.9 Å². The molecule has 0 N–H and O–H groups in total. The van der Waals surface area contributed by atoms with E-state index in [-0.39, 0.29) is 17.6 Å². The Morgan fingerprint density at radius 3 is 2.60 bits per heavy atom. The summed E-state index contributed by atoms with van der Waals surface area (Å²) in [6.07, 6.45) is 0.506. The Balaban J connectivity index is 1.25. The average molecular weight is 588 g/mol. The van der Waals surface area contributed by atoms with Gasteiger partial charge in [-0.3, -0.25) is 14.1 Å². The van der Waals surface area contributed by atoms with Gasteiger partial charge in [0, 0.05) is 17.1 Å². The third-order valence-electron chi connectivity index (χ3n) is 6.81. The Morgan fingerprint density at radius 1 is 1.05 bits per heavy atom. The predicted molar refractivity (Wildman–Crippen MR) is 160 cm³/mol. The molecule has 42 heavy (non-hydrogen) atoms. The van der Waals surface area contributed by atoms with Crippen LogP contribution in [-0.4, -0.2) is 38.8 Å². The SMILES string of the molecule is CC(C)c1ccccc1N1C(=O)CS/C1=N\N=C/c1ccc2c(ccn3c(-c4ccc(OC(F)(F)F)cc4)ncc23)c1. The van der Waals surface area contributed by atoms with Gasteiger partial charge in [-0.15, -0.1) is 18.3 Å². The molecule has 5 aromatic rings. The number of benzene rings is 3. The number of imidazole rings is 1. The number of para-hydroxylation sites is 1. The number of fused-ring (bicyclic) bond motifs is 3. The van der Waals surface area contributed by atoms with Crippen molar-refractivity contribution in [2.45, 2.75) is 26.1 Å². The molecule has 1 aliphatic heterocycles. The molecule has 1 saturated heterocycles. The summed E-state index contributed by atoms with van der Waals surface area (Å²) in [6.45, 7) is 4.18. The number of carbonyl (C=O) groups is 1. The average Bonchev–Trinajstić information content (AvgIpc) is 3.56. The molecule has 7 nitrogen and oxygen atoms in total. The van der Waals surface area contributed by atoms with E-state index < -0.39 is 6.36 Å². The van der Waals surface area contributed by atoms with Crippen molar-refractivity contribution < 1.29 is 22.7 Å². The zero-order valence-electron chi connectivity index (χ0n) is 22.5. The molecule has 2 aromatic heterocycles. The van der Waals surface area contributed by atoms with Gasteiger partial charge in [0.1, 0.15) is 11.6 Å². The Labute approximate surface area is 243 Å². The Kier molecular flexibility index (Phi) is 7.19. The summed E-state index contributed by atoms with van der Waals surface area (Å²) in [4.78, 5) is 18.9. The first-order valence-electron chi connectivity index (χ1n) is 13.1. The van der Waals surface area contributed by atoms with Crippen LogP contribution < -0.4 is 9.64 Å². The highest BCUT2D eigenvalue weighted by molar-refractivity contribution is 8.15. The van der Waals surface area contributed by atoms with E-state index >= 15 is 0 Å². The largest absolute Gasteiger partial charge is 0.573 e. The first-order valence-corrected chi connectivity index (χ1v) is 14.1. The highest BCUT2D eigenvalue weighted by Crippen LogP contribution is 2.33. The van der Waals surface area contributed by atoms with Crippen LogP contribution in [0.15, 0.2) is 95.4 Å². The van der Waals surface area contributed by atoms with Crippen LogP contribution in [0, 0.1) is 0 Å². The lowest BCUT2D eigenvalue weighted by Gasteiger charge is -2.20. The van der Waals surface area contributed by atoms with Crippen molar-refractivity contribution >= 4 is 51.0 Å². The van der Waals surface area contributed by atoms with E-state index in [0.717, 1.165) is 33.1 Å². The highest BCUT2D eigenvalue weighted by atomic mass is 32.2. The predicted octanol–water partition coefficient (Wildman–Crippen LogP) is 7.65. The number of ether oxygens (including phenoxy) is 1. The zero-order valence-corrected chi connectivity index (χ0v) is 23.4. The monoisotopic (exact) mass is 587 g/mol. The third-order valence-corrected chi connectivity index (χ3v) is 7.73. The minimum absolute atomic E-state index is 0.0254. The van der Waals surface area contributed by atoms with Crippen LogP contribution in [0.1, 0.15) is 30.9 Å². The Bertz CT molecular complexity index is 1860. The molecule has 0 atom stereocenters. The maximum absolute atomic E-state index is 12.7. The van der Waals surface area contributed by atoms with Crippen LogP contribution in [-0.2, 0) is 4.79 Å². The maximum Gasteiger partial charge on any atom is 0.573 e. The Hall–Kier alpha value is -4.64. The quantitative estimate of drug-likeness (QED) is 0.151. The van der Waals surface area contributed by atoms with Crippen molar-refractivity contribution in [3.8, 4) is 17.1 Å². The first kappa shape index (κ1) is 27.5. The van der Waals surface area contributed by atoms with Gasteiger partial charge in [-0.05, 0) is 64.9 Å². The van der Waals surface area contributed by atoms with E-state index in [9.17, 15) is 18.0 Å². The smallest absolute Gasteiger partial charge is 0.406 e. The molecule has 0 saturated carbocycles. The highest BCUT2D eigenvalue weighted by Gasteiger charge is 2.32. The Morgan fingerprint density at radius 2 is 1.83 bits per heavy atom. The van der Waals surface area contributed by atoms with Crippen LogP contribution in [0.3, 0.4) is 0 Å².